The number of anilines is 1. The molecule has 2 aromatic carbocycles. The largest absolute Gasteiger partial charge is 0.378 e. The molecule has 0 N–H and O–H groups in total. The van der Waals surface area contributed by atoms with E-state index in [4.69, 9.17) is 4.74 Å². The highest BCUT2D eigenvalue weighted by atomic mass is 16.5. The second-order valence-corrected chi connectivity index (χ2v) is 7.58. The second kappa shape index (κ2) is 8.70. The highest BCUT2D eigenvalue weighted by Crippen LogP contribution is 2.28. The fourth-order valence-electron chi connectivity index (χ4n) is 3.95. The third kappa shape index (κ3) is 4.46. The van der Waals surface area contributed by atoms with Gasteiger partial charge in [-0.3, -0.25) is 0 Å². The van der Waals surface area contributed by atoms with E-state index in [1.165, 1.54) is 16.8 Å². The Balaban J connectivity index is 1.76. The van der Waals surface area contributed by atoms with Gasteiger partial charge in [-0.25, -0.2) is 0 Å². The molecule has 0 aromatic heterocycles. The van der Waals surface area contributed by atoms with Crippen LogP contribution in [0.2, 0.25) is 0 Å². The first kappa shape index (κ1) is 18.9. The summed E-state index contributed by atoms with van der Waals surface area (Å²) in [5, 5.41) is 0. The van der Waals surface area contributed by atoms with E-state index in [2.05, 4.69) is 85.4 Å². The molecule has 0 bridgehead atoms. The molecule has 3 rings (SSSR count). The van der Waals surface area contributed by atoms with Crippen molar-refractivity contribution in [2.24, 2.45) is 0 Å². The Bertz CT molecular complexity index is 662. The first-order valence-electron chi connectivity index (χ1n) is 9.76. The Labute approximate surface area is 158 Å². The molecule has 0 amide bonds. The molecular formula is C23H32N2O. The molecule has 1 fully saturated rings. The van der Waals surface area contributed by atoms with Crippen LogP contribution in [0.5, 0.6) is 0 Å². The Morgan fingerprint density at radius 3 is 2.00 bits per heavy atom. The minimum atomic E-state index is 0.141. The molecule has 0 aliphatic carbocycles. The van der Waals surface area contributed by atoms with E-state index in [9.17, 15) is 0 Å². The molecular weight excluding hydrogens is 320 g/mol. The van der Waals surface area contributed by atoms with Gasteiger partial charge >= 0.3 is 0 Å². The van der Waals surface area contributed by atoms with E-state index in [0.29, 0.717) is 0 Å². The lowest BCUT2D eigenvalue weighted by Crippen LogP contribution is -2.47. The normalized spacial score (nSPS) is 17.3. The lowest BCUT2D eigenvalue weighted by Gasteiger charge is -2.40. The molecule has 0 radical (unpaired) electrons. The molecule has 1 unspecified atom stereocenters. The monoisotopic (exact) mass is 352 g/mol. The molecule has 1 saturated heterocycles. The van der Waals surface area contributed by atoms with Crippen molar-refractivity contribution in [1.82, 2.24) is 4.90 Å². The molecule has 3 nitrogen and oxygen atoms in total. The number of morpholine rings is 1. The SMILES string of the molecule is CCC(Cc1ccccc1)(Cc1ccc(N2CCOCC2)cc1)N(C)C. The summed E-state index contributed by atoms with van der Waals surface area (Å²) in [6.07, 6.45) is 3.26. The van der Waals surface area contributed by atoms with Crippen LogP contribution in [0.3, 0.4) is 0 Å². The Morgan fingerprint density at radius 1 is 0.885 bits per heavy atom. The third-order valence-corrected chi connectivity index (χ3v) is 5.83. The average molecular weight is 353 g/mol. The van der Waals surface area contributed by atoms with Gasteiger partial charge in [-0.1, -0.05) is 49.4 Å². The van der Waals surface area contributed by atoms with Crippen LogP contribution in [0.4, 0.5) is 5.69 Å². The summed E-state index contributed by atoms with van der Waals surface area (Å²) in [7, 11) is 4.43. The summed E-state index contributed by atoms with van der Waals surface area (Å²) in [4.78, 5) is 4.83. The summed E-state index contributed by atoms with van der Waals surface area (Å²) in [5.41, 5.74) is 4.27. The zero-order chi connectivity index (χ0) is 18.4. The molecule has 140 valence electrons. The van der Waals surface area contributed by atoms with Gasteiger partial charge in [-0.2, -0.15) is 0 Å². The van der Waals surface area contributed by atoms with Crippen LogP contribution in [0, 0.1) is 0 Å². The maximum absolute atomic E-state index is 5.46. The topological polar surface area (TPSA) is 15.7 Å². The molecule has 1 aliphatic rings. The van der Waals surface area contributed by atoms with Crippen LogP contribution >= 0.6 is 0 Å². The van der Waals surface area contributed by atoms with Crippen LogP contribution in [0.1, 0.15) is 24.5 Å². The van der Waals surface area contributed by atoms with E-state index in [0.717, 1.165) is 45.6 Å². The summed E-state index contributed by atoms with van der Waals surface area (Å²) in [5.74, 6) is 0. The van der Waals surface area contributed by atoms with Gasteiger partial charge in [-0.05, 0) is 56.6 Å². The minimum Gasteiger partial charge on any atom is -0.378 e. The second-order valence-electron chi connectivity index (χ2n) is 7.58. The third-order valence-electron chi connectivity index (χ3n) is 5.83. The van der Waals surface area contributed by atoms with Crippen molar-refractivity contribution in [3.63, 3.8) is 0 Å². The van der Waals surface area contributed by atoms with Crippen LogP contribution in [0.15, 0.2) is 54.6 Å². The zero-order valence-corrected chi connectivity index (χ0v) is 16.4. The molecule has 3 heteroatoms. The van der Waals surface area contributed by atoms with Crippen LogP contribution in [-0.4, -0.2) is 50.8 Å². The smallest absolute Gasteiger partial charge is 0.0642 e. The summed E-state index contributed by atoms with van der Waals surface area (Å²) >= 11 is 0. The lowest BCUT2D eigenvalue weighted by atomic mass is 9.81. The fraction of sp³-hybridized carbons (Fsp3) is 0.478. The Hall–Kier alpha value is -1.84. The van der Waals surface area contributed by atoms with E-state index in [-0.39, 0.29) is 5.54 Å². The lowest BCUT2D eigenvalue weighted by molar-refractivity contribution is 0.122. The maximum atomic E-state index is 5.46. The van der Waals surface area contributed by atoms with Crippen molar-refractivity contribution in [2.45, 2.75) is 31.7 Å². The highest BCUT2D eigenvalue weighted by Gasteiger charge is 2.31. The first-order valence-corrected chi connectivity index (χ1v) is 9.76. The number of nitrogens with zero attached hydrogens (tertiary/aromatic N) is 2. The van der Waals surface area contributed by atoms with Crippen LogP contribution in [-0.2, 0) is 17.6 Å². The molecule has 1 atom stereocenters. The molecule has 1 aliphatic heterocycles. The summed E-state index contributed by atoms with van der Waals surface area (Å²) in [6.45, 7) is 5.95. The van der Waals surface area contributed by atoms with Crippen LogP contribution < -0.4 is 4.90 Å². The van der Waals surface area contributed by atoms with Crippen molar-refractivity contribution >= 4 is 5.69 Å². The highest BCUT2D eigenvalue weighted by molar-refractivity contribution is 5.48. The maximum Gasteiger partial charge on any atom is 0.0642 e. The van der Waals surface area contributed by atoms with Gasteiger partial charge in [0.15, 0.2) is 0 Å². The van der Waals surface area contributed by atoms with E-state index < -0.39 is 0 Å². The van der Waals surface area contributed by atoms with E-state index in [1.807, 2.05) is 0 Å². The number of ether oxygens (including phenoxy) is 1. The molecule has 0 spiro atoms. The van der Waals surface area contributed by atoms with Gasteiger partial charge in [0.2, 0.25) is 0 Å². The average Bonchev–Trinajstić information content (AvgIpc) is 2.69. The van der Waals surface area contributed by atoms with Gasteiger partial charge in [0.1, 0.15) is 0 Å². The molecule has 1 heterocycles. The summed E-state index contributed by atoms with van der Waals surface area (Å²) < 4.78 is 5.46. The quantitative estimate of drug-likeness (QED) is 0.748. The van der Waals surface area contributed by atoms with Gasteiger partial charge in [0.05, 0.1) is 13.2 Å². The predicted octanol–water partition coefficient (Wildman–Crippen LogP) is 4.02. The predicted molar refractivity (Wildman–Crippen MR) is 110 cm³/mol. The van der Waals surface area contributed by atoms with E-state index >= 15 is 0 Å². The number of rotatable bonds is 7. The fourth-order valence-corrected chi connectivity index (χ4v) is 3.95. The van der Waals surface area contributed by atoms with Gasteiger partial charge in [-0.15, -0.1) is 0 Å². The summed E-state index contributed by atoms with van der Waals surface area (Å²) in [6, 6.07) is 20.0. The minimum absolute atomic E-state index is 0.141. The van der Waals surface area contributed by atoms with Crippen LogP contribution in [0.25, 0.3) is 0 Å². The molecule has 2 aromatic rings. The van der Waals surface area contributed by atoms with Gasteiger partial charge in [0.25, 0.3) is 0 Å². The van der Waals surface area contributed by atoms with Gasteiger partial charge in [0, 0.05) is 24.3 Å². The number of benzene rings is 2. The molecule has 26 heavy (non-hydrogen) atoms. The zero-order valence-electron chi connectivity index (χ0n) is 16.4. The number of hydrogen-bond acceptors (Lipinski definition) is 3. The van der Waals surface area contributed by atoms with Gasteiger partial charge < -0.3 is 14.5 Å². The van der Waals surface area contributed by atoms with Crippen molar-refractivity contribution in [3.05, 3.63) is 65.7 Å². The Kier molecular flexibility index (Phi) is 6.33. The van der Waals surface area contributed by atoms with Crippen molar-refractivity contribution in [2.75, 3.05) is 45.3 Å². The van der Waals surface area contributed by atoms with Crippen molar-refractivity contribution < 1.29 is 4.74 Å². The van der Waals surface area contributed by atoms with Crippen molar-refractivity contribution in [3.8, 4) is 0 Å². The number of likely N-dealkylation sites (N-methyl/N-ethyl adjacent to an activating group) is 1. The number of hydrogen-bond donors (Lipinski definition) is 0. The first-order chi connectivity index (χ1) is 12.6. The van der Waals surface area contributed by atoms with Crippen molar-refractivity contribution in [1.29, 1.82) is 0 Å². The van der Waals surface area contributed by atoms with E-state index in [1.54, 1.807) is 0 Å². The Morgan fingerprint density at radius 2 is 1.46 bits per heavy atom. The standard InChI is InChI=1S/C23H32N2O/c1-4-23(24(2)3,18-20-8-6-5-7-9-20)19-21-10-12-22(13-11-21)25-14-16-26-17-15-25/h5-13H,4,14-19H2,1-3H3. The molecule has 0 saturated carbocycles.